The molecule has 2 aromatic carbocycles. The number of rotatable bonds is 9. The Labute approximate surface area is 200 Å². The van der Waals surface area contributed by atoms with Gasteiger partial charge in [0.25, 0.3) is 0 Å². The molecule has 0 saturated carbocycles. The molecule has 2 aromatic rings. The van der Waals surface area contributed by atoms with E-state index in [9.17, 15) is 14.4 Å². The fourth-order valence-electron chi connectivity index (χ4n) is 5.13. The number of hydrogen-bond donors (Lipinski definition) is 2. The average molecular weight is 465 g/mol. The maximum atomic E-state index is 12.6. The van der Waals surface area contributed by atoms with Gasteiger partial charge in [0.05, 0.1) is 0 Å². The minimum atomic E-state index is -0.813. The second kappa shape index (κ2) is 10.7. The van der Waals surface area contributed by atoms with Crippen LogP contribution in [0.15, 0.2) is 48.5 Å². The number of nitrogens with zero attached hydrogens (tertiary/aromatic N) is 1. The summed E-state index contributed by atoms with van der Waals surface area (Å²) in [6.07, 6.45) is 1.74. The first-order valence-corrected chi connectivity index (χ1v) is 12.0. The van der Waals surface area contributed by atoms with Crippen molar-refractivity contribution >= 4 is 18.0 Å². The molecule has 180 valence electrons. The van der Waals surface area contributed by atoms with E-state index >= 15 is 0 Å². The summed E-state index contributed by atoms with van der Waals surface area (Å²) in [7, 11) is 0. The van der Waals surface area contributed by atoms with Crippen molar-refractivity contribution in [3.05, 3.63) is 59.7 Å². The molecular formula is C27H32N2O5. The lowest BCUT2D eigenvalue weighted by atomic mass is 9.98. The third-order valence-corrected chi connectivity index (χ3v) is 6.91. The van der Waals surface area contributed by atoms with E-state index in [4.69, 9.17) is 9.84 Å². The zero-order valence-electron chi connectivity index (χ0n) is 19.5. The second-order valence-electron chi connectivity index (χ2n) is 9.33. The van der Waals surface area contributed by atoms with Gasteiger partial charge in [-0.2, -0.15) is 0 Å². The minimum Gasteiger partial charge on any atom is -0.481 e. The predicted molar refractivity (Wildman–Crippen MR) is 128 cm³/mol. The molecule has 4 rings (SSSR count). The first-order valence-electron chi connectivity index (χ1n) is 12.0. The number of alkyl carbamates (subject to hydrolysis) is 1. The van der Waals surface area contributed by atoms with Gasteiger partial charge in [-0.05, 0) is 47.4 Å². The predicted octanol–water partition coefficient (Wildman–Crippen LogP) is 4.26. The summed E-state index contributed by atoms with van der Waals surface area (Å²) in [6, 6.07) is 16.4. The lowest BCUT2D eigenvalue weighted by Gasteiger charge is -2.21. The molecule has 1 saturated heterocycles. The molecule has 7 nitrogen and oxygen atoms in total. The standard InChI is InChI=1S/C27H32N2O5/c1-18(26(32)29-14-12-19(16-29)15-25(30)31)7-6-13-28-27(33)34-17-24-22-10-4-2-8-20(22)21-9-3-5-11-23(21)24/h2-5,8-11,18-19,24H,6-7,12-17H2,1H3,(H,28,33)(H,30,31). The van der Waals surface area contributed by atoms with E-state index in [2.05, 4.69) is 29.6 Å². The van der Waals surface area contributed by atoms with Gasteiger partial charge in [0.1, 0.15) is 6.61 Å². The number of aliphatic carboxylic acids is 1. The number of hydrogen-bond acceptors (Lipinski definition) is 4. The maximum Gasteiger partial charge on any atom is 0.407 e. The summed E-state index contributed by atoms with van der Waals surface area (Å²) in [5, 5.41) is 11.7. The molecule has 0 bridgehead atoms. The Bertz CT molecular complexity index is 1010. The summed E-state index contributed by atoms with van der Waals surface area (Å²) in [5.74, 6) is -0.835. The van der Waals surface area contributed by atoms with Gasteiger partial charge in [0.2, 0.25) is 5.91 Å². The highest BCUT2D eigenvalue weighted by molar-refractivity contribution is 5.79. The molecule has 1 fully saturated rings. The normalized spacial score (nSPS) is 17.7. The van der Waals surface area contributed by atoms with E-state index in [1.165, 1.54) is 22.3 Å². The van der Waals surface area contributed by atoms with E-state index in [1.54, 1.807) is 4.90 Å². The van der Waals surface area contributed by atoms with Crippen molar-refractivity contribution in [2.45, 2.75) is 38.5 Å². The maximum absolute atomic E-state index is 12.6. The molecule has 2 unspecified atom stereocenters. The molecule has 1 heterocycles. The summed E-state index contributed by atoms with van der Waals surface area (Å²) in [5.41, 5.74) is 4.74. The van der Waals surface area contributed by atoms with Crippen LogP contribution in [-0.2, 0) is 14.3 Å². The molecular weight excluding hydrogens is 432 g/mol. The molecule has 1 aliphatic carbocycles. The largest absolute Gasteiger partial charge is 0.481 e. The number of carbonyl (C=O) groups excluding carboxylic acids is 2. The summed E-state index contributed by atoms with van der Waals surface area (Å²) < 4.78 is 5.55. The number of likely N-dealkylation sites (tertiary alicyclic amines) is 1. The first-order chi connectivity index (χ1) is 16.4. The van der Waals surface area contributed by atoms with Crippen molar-refractivity contribution < 1.29 is 24.2 Å². The van der Waals surface area contributed by atoms with Crippen molar-refractivity contribution in [1.82, 2.24) is 10.2 Å². The van der Waals surface area contributed by atoms with Crippen LogP contribution >= 0.6 is 0 Å². The van der Waals surface area contributed by atoms with Crippen molar-refractivity contribution in [1.29, 1.82) is 0 Å². The van der Waals surface area contributed by atoms with Gasteiger partial charge in [0.15, 0.2) is 0 Å². The van der Waals surface area contributed by atoms with Crippen molar-refractivity contribution in [2.24, 2.45) is 11.8 Å². The van der Waals surface area contributed by atoms with Gasteiger partial charge < -0.3 is 20.1 Å². The quantitative estimate of drug-likeness (QED) is 0.541. The number of carboxylic acid groups (broad SMARTS) is 1. The third-order valence-electron chi connectivity index (χ3n) is 6.91. The lowest BCUT2D eigenvalue weighted by Crippen LogP contribution is -2.34. The molecule has 0 radical (unpaired) electrons. The van der Waals surface area contributed by atoms with E-state index in [0.717, 1.165) is 6.42 Å². The Balaban J connectivity index is 1.18. The van der Waals surface area contributed by atoms with Crippen LogP contribution in [0, 0.1) is 11.8 Å². The Morgan fingerprint density at radius 3 is 2.38 bits per heavy atom. The molecule has 7 heteroatoms. The van der Waals surface area contributed by atoms with Crippen molar-refractivity contribution in [3.8, 4) is 11.1 Å². The summed E-state index contributed by atoms with van der Waals surface area (Å²) >= 11 is 0. The van der Waals surface area contributed by atoms with Gasteiger partial charge in [-0.15, -0.1) is 0 Å². The number of nitrogens with one attached hydrogen (secondary N) is 1. The molecule has 34 heavy (non-hydrogen) atoms. The van der Waals surface area contributed by atoms with Crippen LogP contribution in [0.1, 0.15) is 49.7 Å². The van der Waals surface area contributed by atoms with Crippen LogP contribution in [0.5, 0.6) is 0 Å². The van der Waals surface area contributed by atoms with E-state index in [-0.39, 0.29) is 36.7 Å². The van der Waals surface area contributed by atoms with Crippen LogP contribution in [0.4, 0.5) is 4.79 Å². The van der Waals surface area contributed by atoms with E-state index < -0.39 is 12.1 Å². The topological polar surface area (TPSA) is 95.9 Å². The van der Waals surface area contributed by atoms with Gasteiger partial charge in [-0.1, -0.05) is 55.5 Å². The van der Waals surface area contributed by atoms with Gasteiger partial charge in [-0.25, -0.2) is 4.79 Å². The number of fused-ring (bicyclic) bond motifs is 3. The summed E-state index contributed by atoms with van der Waals surface area (Å²) in [6.45, 7) is 3.75. The fraction of sp³-hybridized carbons (Fsp3) is 0.444. The highest BCUT2D eigenvalue weighted by Gasteiger charge is 2.30. The Morgan fingerprint density at radius 1 is 1.09 bits per heavy atom. The summed E-state index contributed by atoms with van der Waals surface area (Å²) in [4.78, 5) is 37.6. The molecule has 0 spiro atoms. The van der Waals surface area contributed by atoms with Gasteiger partial charge >= 0.3 is 12.1 Å². The Morgan fingerprint density at radius 2 is 1.74 bits per heavy atom. The SMILES string of the molecule is CC(CCCNC(=O)OCC1c2ccccc2-c2ccccc21)C(=O)N1CCC(CC(=O)O)C1. The molecule has 0 aromatic heterocycles. The Kier molecular flexibility index (Phi) is 7.50. The molecule has 2 amide bonds. The van der Waals surface area contributed by atoms with Crippen LogP contribution < -0.4 is 5.32 Å². The highest BCUT2D eigenvalue weighted by atomic mass is 16.5. The number of benzene rings is 2. The Hall–Kier alpha value is -3.35. The molecule has 2 aliphatic rings. The van der Waals surface area contributed by atoms with Gasteiger partial charge in [-0.3, -0.25) is 9.59 Å². The van der Waals surface area contributed by atoms with Gasteiger partial charge in [0, 0.05) is 37.9 Å². The van der Waals surface area contributed by atoms with Crippen molar-refractivity contribution in [3.63, 3.8) is 0 Å². The van der Waals surface area contributed by atoms with E-state index in [0.29, 0.717) is 32.5 Å². The van der Waals surface area contributed by atoms with Crippen LogP contribution in [0.2, 0.25) is 0 Å². The lowest BCUT2D eigenvalue weighted by molar-refractivity contribution is -0.139. The number of carboxylic acids is 1. The first kappa shape index (κ1) is 23.8. The second-order valence-corrected chi connectivity index (χ2v) is 9.33. The molecule has 2 N–H and O–H groups in total. The van der Waals surface area contributed by atoms with Crippen LogP contribution in [0.3, 0.4) is 0 Å². The van der Waals surface area contributed by atoms with Crippen LogP contribution in [-0.4, -0.2) is 54.2 Å². The highest BCUT2D eigenvalue weighted by Crippen LogP contribution is 2.44. The van der Waals surface area contributed by atoms with Crippen molar-refractivity contribution in [2.75, 3.05) is 26.2 Å². The molecule has 2 atom stereocenters. The number of ether oxygens (including phenoxy) is 1. The smallest absolute Gasteiger partial charge is 0.407 e. The van der Waals surface area contributed by atoms with Crippen LogP contribution in [0.25, 0.3) is 11.1 Å². The third kappa shape index (κ3) is 5.41. The number of carbonyl (C=O) groups is 3. The zero-order valence-corrected chi connectivity index (χ0v) is 19.5. The monoisotopic (exact) mass is 464 g/mol. The average Bonchev–Trinajstić information content (AvgIpc) is 3.42. The fourth-order valence-corrected chi connectivity index (χ4v) is 5.13. The zero-order chi connectivity index (χ0) is 24.1. The van der Waals surface area contributed by atoms with E-state index in [1.807, 2.05) is 31.2 Å². The minimum absolute atomic E-state index is 0.0289. The number of amides is 2. The molecule has 1 aliphatic heterocycles.